The van der Waals surface area contributed by atoms with Crippen LogP contribution in [-0.2, 0) is 13.0 Å². The highest BCUT2D eigenvalue weighted by atomic mass is 32.1. The highest BCUT2D eigenvalue weighted by molar-refractivity contribution is 7.77. The van der Waals surface area contributed by atoms with E-state index in [1.807, 2.05) is 10.5 Å². The van der Waals surface area contributed by atoms with Crippen LogP contribution in [0, 0.1) is 0 Å². The smallest absolute Gasteiger partial charge is 0.0356 e. The van der Waals surface area contributed by atoms with Gasteiger partial charge in [0.25, 0.3) is 0 Å². The highest BCUT2D eigenvalue weighted by Crippen LogP contribution is 2.17. The lowest BCUT2D eigenvalue weighted by molar-refractivity contribution is 0.448. The van der Waals surface area contributed by atoms with Gasteiger partial charge in [0, 0.05) is 31.4 Å². The molecule has 0 aromatic carbocycles. The van der Waals surface area contributed by atoms with E-state index in [0.717, 1.165) is 19.5 Å². The van der Waals surface area contributed by atoms with Gasteiger partial charge in [-0.15, -0.1) is 0 Å². The van der Waals surface area contributed by atoms with Crippen molar-refractivity contribution in [1.29, 1.82) is 0 Å². The van der Waals surface area contributed by atoms with Crippen molar-refractivity contribution in [2.45, 2.75) is 13.0 Å². The normalized spacial score (nSPS) is 18.9. The Kier molecular flexibility index (Phi) is 1.47. The highest BCUT2D eigenvalue weighted by Gasteiger charge is 2.13. The molecule has 1 aliphatic rings. The van der Waals surface area contributed by atoms with Crippen LogP contribution in [0.4, 0.5) is 0 Å². The summed E-state index contributed by atoms with van der Waals surface area (Å²) in [6.07, 6.45) is 3.10. The first-order chi connectivity index (χ1) is 4.86. The summed E-state index contributed by atoms with van der Waals surface area (Å²) < 4.78 is 2.04. The zero-order valence-electron chi connectivity index (χ0n) is 5.67. The first-order valence-corrected chi connectivity index (χ1v) is 3.85. The van der Waals surface area contributed by atoms with E-state index in [2.05, 4.69) is 23.9 Å². The van der Waals surface area contributed by atoms with Gasteiger partial charge in [0.15, 0.2) is 0 Å². The zero-order valence-corrected chi connectivity index (χ0v) is 6.56. The number of nitrogens with zero attached hydrogens (tertiary/aromatic N) is 1. The largest absolute Gasteiger partial charge is 0.365 e. The fourth-order valence-corrected chi connectivity index (χ4v) is 1.59. The molecule has 2 rings (SSSR count). The number of hydrogen-bond acceptors (Lipinski definition) is 2. The Labute approximate surface area is 65.8 Å². The Bertz CT molecular complexity index is 231. The van der Waals surface area contributed by atoms with Gasteiger partial charge in [0.2, 0.25) is 0 Å². The third-order valence-electron chi connectivity index (χ3n) is 1.90. The average Bonchev–Trinajstić information content (AvgIpc) is 2.33. The number of aromatic nitrogens is 1. The Morgan fingerprint density at radius 2 is 2.50 bits per heavy atom. The fourth-order valence-electron chi connectivity index (χ4n) is 1.33. The Morgan fingerprint density at radius 3 is 3.40 bits per heavy atom. The van der Waals surface area contributed by atoms with Crippen LogP contribution < -0.4 is 0 Å². The molecule has 0 radical (unpaired) electrons. The predicted octanol–water partition coefficient (Wildman–Crippen LogP) is 1.22. The molecule has 0 fully saturated rings. The van der Waals surface area contributed by atoms with E-state index in [-0.39, 0.29) is 0 Å². The Hall–Kier alpha value is -0.410. The van der Waals surface area contributed by atoms with Crippen LogP contribution in [0.5, 0.6) is 0 Å². The van der Waals surface area contributed by atoms with Crippen LogP contribution in [0.15, 0.2) is 12.3 Å². The third-order valence-corrected chi connectivity index (χ3v) is 2.24. The molecule has 0 saturated heterocycles. The van der Waals surface area contributed by atoms with E-state index in [1.165, 1.54) is 11.3 Å². The van der Waals surface area contributed by atoms with Crippen LogP contribution in [-0.4, -0.2) is 15.8 Å². The summed E-state index contributed by atoms with van der Waals surface area (Å²) >= 11 is 4.28. The number of thiol groups is 1. The molecular formula is C7H10N2S. The van der Waals surface area contributed by atoms with Crippen LogP contribution in [0.2, 0.25) is 0 Å². The summed E-state index contributed by atoms with van der Waals surface area (Å²) in [6, 6.07) is 2.12. The molecule has 10 heavy (non-hydrogen) atoms. The summed E-state index contributed by atoms with van der Waals surface area (Å²) in [4.78, 5) is 3.22. The summed E-state index contributed by atoms with van der Waals surface area (Å²) in [5, 5.41) is 0. The molecule has 2 heterocycles. The average molecular weight is 154 g/mol. The minimum absolute atomic E-state index is 0.974. The second-order valence-electron chi connectivity index (χ2n) is 2.62. The number of H-pyrrole nitrogens is 1. The second kappa shape index (κ2) is 2.32. The van der Waals surface area contributed by atoms with Crippen LogP contribution in [0.3, 0.4) is 0 Å². The van der Waals surface area contributed by atoms with Crippen molar-refractivity contribution in [1.82, 2.24) is 9.29 Å². The number of hydrogen-bond donors (Lipinski definition) is 2. The van der Waals surface area contributed by atoms with Gasteiger partial charge in [-0.25, -0.2) is 4.31 Å². The van der Waals surface area contributed by atoms with E-state index in [4.69, 9.17) is 0 Å². The zero-order chi connectivity index (χ0) is 6.97. The van der Waals surface area contributed by atoms with Crippen molar-refractivity contribution in [3.05, 3.63) is 23.5 Å². The van der Waals surface area contributed by atoms with Crippen molar-refractivity contribution >= 4 is 12.8 Å². The third kappa shape index (κ3) is 0.954. The van der Waals surface area contributed by atoms with E-state index < -0.39 is 0 Å². The molecule has 0 aliphatic carbocycles. The van der Waals surface area contributed by atoms with E-state index in [9.17, 15) is 0 Å². The Balaban J connectivity index is 2.30. The van der Waals surface area contributed by atoms with Gasteiger partial charge in [-0.05, 0) is 11.6 Å². The lowest BCUT2D eigenvalue weighted by atomic mass is 10.1. The molecule has 1 N–H and O–H groups in total. The predicted molar refractivity (Wildman–Crippen MR) is 43.9 cm³/mol. The molecule has 0 bridgehead atoms. The molecule has 0 atom stereocenters. The number of nitrogens with one attached hydrogen (secondary N) is 1. The van der Waals surface area contributed by atoms with Gasteiger partial charge in [0.1, 0.15) is 0 Å². The fraction of sp³-hybridized carbons (Fsp3) is 0.429. The van der Waals surface area contributed by atoms with E-state index in [0.29, 0.717) is 0 Å². The van der Waals surface area contributed by atoms with Gasteiger partial charge in [-0.1, -0.05) is 12.8 Å². The number of rotatable bonds is 0. The molecule has 1 aromatic rings. The minimum Gasteiger partial charge on any atom is -0.365 e. The SMILES string of the molecule is SN1CCc2[nH]ccc2C1. The molecule has 0 spiro atoms. The summed E-state index contributed by atoms with van der Waals surface area (Å²) in [6.45, 7) is 2.03. The molecule has 0 amide bonds. The lowest BCUT2D eigenvalue weighted by Crippen LogP contribution is -2.21. The maximum Gasteiger partial charge on any atom is 0.0356 e. The quantitative estimate of drug-likeness (QED) is 0.538. The van der Waals surface area contributed by atoms with Crippen molar-refractivity contribution < 1.29 is 0 Å². The van der Waals surface area contributed by atoms with Gasteiger partial charge in [-0.2, -0.15) is 0 Å². The van der Waals surface area contributed by atoms with Gasteiger partial charge in [-0.3, -0.25) is 0 Å². The minimum atomic E-state index is 0.974. The lowest BCUT2D eigenvalue weighted by Gasteiger charge is -2.20. The van der Waals surface area contributed by atoms with Crippen molar-refractivity contribution in [2.75, 3.05) is 6.54 Å². The molecule has 1 aliphatic heterocycles. The van der Waals surface area contributed by atoms with Crippen molar-refractivity contribution in [3.63, 3.8) is 0 Å². The van der Waals surface area contributed by atoms with Gasteiger partial charge in [0.05, 0.1) is 0 Å². The molecule has 0 unspecified atom stereocenters. The molecule has 3 heteroatoms. The first-order valence-electron chi connectivity index (χ1n) is 3.45. The molecule has 54 valence electrons. The maximum atomic E-state index is 4.28. The van der Waals surface area contributed by atoms with Crippen LogP contribution >= 0.6 is 12.8 Å². The summed E-state index contributed by atoms with van der Waals surface area (Å²) in [7, 11) is 0. The Morgan fingerprint density at radius 1 is 1.60 bits per heavy atom. The van der Waals surface area contributed by atoms with Crippen LogP contribution in [0.1, 0.15) is 11.3 Å². The summed E-state index contributed by atoms with van der Waals surface area (Å²) in [5.41, 5.74) is 2.77. The van der Waals surface area contributed by atoms with Gasteiger partial charge < -0.3 is 4.98 Å². The van der Waals surface area contributed by atoms with Gasteiger partial charge >= 0.3 is 0 Å². The topological polar surface area (TPSA) is 19.0 Å². The first kappa shape index (κ1) is 6.31. The molecule has 1 aromatic heterocycles. The van der Waals surface area contributed by atoms with E-state index >= 15 is 0 Å². The van der Waals surface area contributed by atoms with Crippen LogP contribution in [0.25, 0.3) is 0 Å². The van der Waals surface area contributed by atoms with Crippen molar-refractivity contribution in [3.8, 4) is 0 Å². The van der Waals surface area contributed by atoms with E-state index in [1.54, 1.807) is 0 Å². The monoisotopic (exact) mass is 154 g/mol. The summed E-state index contributed by atoms with van der Waals surface area (Å²) in [5.74, 6) is 0. The maximum absolute atomic E-state index is 4.28. The number of aromatic amines is 1. The molecular weight excluding hydrogens is 144 g/mol. The molecule has 2 nitrogen and oxygen atoms in total. The second-order valence-corrected chi connectivity index (χ2v) is 3.19. The molecule has 0 saturated carbocycles. The standard InChI is InChI=1S/C7H10N2S/c10-9-4-2-7-6(5-9)1-3-8-7/h1,3,8,10H,2,4-5H2. The number of fused-ring (bicyclic) bond motifs is 1. The van der Waals surface area contributed by atoms with Crippen molar-refractivity contribution in [2.24, 2.45) is 0 Å².